The highest BCUT2D eigenvalue weighted by Gasteiger charge is 2.64. The Morgan fingerprint density at radius 3 is 2.50 bits per heavy atom. The SMILES string of the molecule is CC(C)(C)NCCOc1ccccc1[C@@H]1CC1(NS(=O)(=O)c1ccc(-c2ccc(Cl)cc2)s1)C(=O)O. The van der Waals surface area contributed by atoms with Crippen LogP contribution in [0, 0.1) is 0 Å². The van der Waals surface area contributed by atoms with Crippen LogP contribution in [0.25, 0.3) is 10.4 Å². The van der Waals surface area contributed by atoms with Gasteiger partial charge in [0.25, 0.3) is 10.0 Å². The van der Waals surface area contributed by atoms with Gasteiger partial charge in [0.2, 0.25) is 0 Å². The van der Waals surface area contributed by atoms with Crippen molar-refractivity contribution in [1.82, 2.24) is 10.0 Å². The van der Waals surface area contributed by atoms with E-state index in [0.29, 0.717) is 29.5 Å². The monoisotopic (exact) mass is 548 g/mol. The third-order valence-corrected chi connectivity index (χ3v) is 9.33. The average molecular weight is 549 g/mol. The second-order valence-electron chi connectivity index (χ2n) is 9.83. The lowest BCUT2D eigenvalue weighted by atomic mass is 10.1. The molecule has 2 atom stereocenters. The van der Waals surface area contributed by atoms with Gasteiger partial charge < -0.3 is 15.2 Å². The van der Waals surface area contributed by atoms with Crippen LogP contribution >= 0.6 is 22.9 Å². The number of hydrogen-bond acceptors (Lipinski definition) is 6. The van der Waals surface area contributed by atoms with Crippen molar-refractivity contribution in [1.29, 1.82) is 0 Å². The standard InChI is InChI=1S/C26H29ClN2O5S2/c1-25(2,3)28-14-15-34-21-7-5-4-6-19(21)20-16-26(20,24(30)31)29-36(32,33)23-13-12-22(35-23)17-8-10-18(27)11-9-17/h4-13,20,28-29H,14-16H2,1-3H3,(H,30,31)/t20-,26?/m0/s1. The molecule has 1 aliphatic carbocycles. The third kappa shape index (κ3) is 5.92. The molecular formula is C26H29ClN2O5S2. The molecule has 192 valence electrons. The first-order valence-electron chi connectivity index (χ1n) is 11.5. The maximum atomic E-state index is 13.2. The number of para-hydroxylation sites is 1. The van der Waals surface area contributed by atoms with Gasteiger partial charge in [0.1, 0.15) is 22.1 Å². The molecule has 1 heterocycles. The molecule has 4 rings (SSSR count). The van der Waals surface area contributed by atoms with Gasteiger partial charge in [-0.1, -0.05) is 41.9 Å². The summed E-state index contributed by atoms with van der Waals surface area (Å²) < 4.78 is 35.0. The van der Waals surface area contributed by atoms with Gasteiger partial charge in [-0.2, -0.15) is 4.72 Å². The van der Waals surface area contributed by atoms with Crippen LogP contribution < -0.4 is 14.8 Å². The summed E-state index contributed by atoms with van der Waals surface area (Å²) in [5.74, 6) is -1.20. The number of rotatable bonds is 10. The van der Waals surface area contributed by atoms with Crippen molar-refractivity contribution in [3.8, 4) is 16.2 Å². The van der Waals surface area contributed by atoms with E-state index >= 15 is 0 Å². The van der Waals surface area contributed by atoms with Crippen LogP contribution in [0.2, 0.25) is 5.02 Å². The first kappa shape index (κ1) is 26.6. The van der Waals surface area contributed by atoms with Gasteiger partial charge in [0.15, 0.2) is 0 Å². The van der Waals surface area contributed by atoms with Crippen LogP contribution in [0.1, 0.15) is 38.7 Å². The highest BCUT2D eigenvalue weighted by molar-refractivity contribution is 7.91. The Hall–Kier alpha value is -2.43. The zero-order valence-electron chi connectivity index (χ0n) is 20.2. The molecule has 0 bridgehead atoms. The smallest absolute Gasteiger partial charge is 0.325 e. The normalized spacial score (nSPS) is 19.7. The van der Waals surface area contributed by atoms with Crippen LogP contribution in [0.3, 0.4) is 0 Å². The van der Waals surface area contributed by atoms with E-state index in [-0.39, 0.29) is 16.2 Å². The van der Waals surface area contributed by atoms with Gasteiger partial charge in [-0.3, -0.25) is 4.79 Å². The van der Waals surface area contributed by atoms with E-state index in [1.54, 1.807) is 36.4 Å². The van der Waals surface area contributed by atoms with Gasteiger partial charge in [-0.05, 0) is 68.7 Å². The van der Waals surface area contributed by atoms with E-state index in [2.05, 4.69) is 30.8 Å². The number of aliphatic carboxylic acids is 1. The summed E-state index contributed by atoms with van der Waals surface area (Å²) in [6.45, 7) is 7.20. The van der Waals surface area contributed by atoms with Crippen molar-refractivity contribution in [2.45, 2.75) is 48.4 Å². The number of hydrogen-bond donors (Lipinski definition) is 3. The summed E-state index contributed by atoms with van der Waals surface area (Å²) in [4.78, 5) is 13.1. The number of sulfonamides is 1. The first-order chi connectivity index (χ1) is 16.9. The lowest BCUT2D eigenvalue weighted by Gasteiger charge is -2.21. The minimum Gasteiger partial charge on any atom is -0.492 e. The summed E-state index contributed by atoms with van der Waals surface area (Å²) in [6.07, 6.45) is 0.137. The molecule has 1 aromatic heterocycles. The molecule has 7 nitrogen and oxygen atoms in total. The number of nitrogens with one attached hydrogen (secondary N) is 2. The molecule has 36 heavy (non-hydrogen) atoms. The van der Waals surface area contributed by atoms with Gasteiger partial charge in [0.05, 0.1) is 0 Å². The predicted octanol–water partition coefficient (Wildman–Crippen LogP) is 5.12. The Kier molecular flexibility index (Phi) is 7.50. The maximum absolute atomic E-state index is 13.2. The molecule has 0 aliphatic heterocycles. The fourth-order valence-electron chi connectivity index (χ4n) is 4.04. The van der Waals surface area contributed by atoms with E-state index < -0.39 is 27.4 Å². The summed E-state index contributed by atoms with van der Waals surface area (Å²) >= 11 is 7.02. The van der Waals surface area contributed by atoms with Crippen molar-refractivity contribution < 1.29 is 23.1 Å². The van der Waals surface area contributed by atoms with Gasteiger partial charge in [-0.25, -0.2) is 8.42 Å². The molecule has 1 aliphatic rings. The number of carboxylic acid groups (broad SMARTS) is 1. The number of ether oxygens (including phenoxy) is 1. The average Bonchev–Trinajstić information content (AvgIpc) is 3.29. The molecule has 1 saturated carbocycles. The van der Waals surface area contributed by atoms with Crippen molar-refractivity contribution in [3.05, 3.63) is 71.2 Å². The fourth-order valence-corrected chi connectivity index (χ4v) is 6.88. The van der Waals surface area contributed by atoms with Gasteiger partial charge in [0, 0.05) is 27.9 Å². The Morgan fingerprint density at radius 1 is 1.14 bits per heavy atom. The number of carboxylic acids is 1. The minimum atomic E-state index is -4.08. The molecular weight excluding hydrogens is 520 g/mol. The molecule has 3 N–H and O–H groups in total. The fraction of sp³-hybridized carbons (Fsp3) is 0.346. The summed E-state index contributed by atoms with van der Waals surface area (Å²) in [7, 11) is -4.08. The molecule has 2 aromatic carbocycles. The van der Waals surface area contributed by atoms with Crippen molar-refractivity contribution >= 4 is 38.9 Å². The van der Waals surface area contributed by atoms with Gasteiger partial charge >= 0.3 is 5.97 Å². The molecule has 0 spiro atoms. The Bertz CT molecular complexity index is 1350. The molecule has 1 unspecified atom stereocenters. The third-order valence-electron chi connectivity index (χ3n) is 5.94. The van der Waals surface area contributed by atoms with Crippen LogP contribution in [-0.4, -0.2) is 43.7 Å². The van der Waals surface area contributed by atoms with Crippen molar-refractivity contribution in [3.63, 3.8) is 0 Å². The Balaban J connectivity index is 1.52. The largest absolute Gasteiger partial charge is 0.492 e. The highest BCUT2D eigenvalue weighted by atomic mass is 35.5. The van der Waals surface area contributed by atoms with E-state index in [1.807, 2.05) is 18.2 Å². The molecule has 0 radical (unpaired) electrons. The number of benzene rings is 2. The van der Waals surface area contributed by atoms with E-state index in [1.165, 1.54) is 6.07 Å². The van der Waals surface area contributed by atoms with Gasteiger partial charge in [-0.15, -0.1) is 11.3 Å². The number of halogens is 1. The maximum Gasteiger partial charge on any atom is 0.325 e. The van der Waals surface area contributed by atoms with E-state index in [0.717, 1.165) is 21.8 Å². The minimum absolute atomic E-state index is 0.0503. The molecule has 3 aromatic rings. The van der Waals surface area contributed by atoms with Crippen LogP contribution in [0.4, 0.5) is 0 Å². The lowest BCUT2D eigenvalue weighted by molar-refractivity contribution is -0.140. The quantitative estimate of drug-likeness (QED) is 0.304. The van der Waals surface area contributed by atoms with E-state index in [4.69, 9.17) is 16.3 Å². The molecule has 0 amide bonds. The lowest BCUT2D eigenvalue weighted by Crippen LogP contribution is -2.44. The Labute approximate surface area is 220 Å². The van der Waals surface area contributed by atoms with E-state index in [9.17, 15) is 18.3 Å². The van der Waals surface area contributed by atoms with Crippen LogP contribution in [0.15, 0.2) is 64.9 Å². The predicted molar refractivity (Wildman–Crippen MR) is 143 cm³/mol. The highest BCUT2D eigenvalue weighted by Crippen LogP contribution is 2.55. The van der Waals surface area contributed by atoms with Crippen molar-refractivity contribution in [2.24, 2.45) is 0 Å². The van der Waals surface area contributed by atoms with Crippen LogP contribution in [0.5, 0.6) is 5.75 Å². The Morgan fingerprint density at radius 2 is 1.83 bits per heavy atom. The molecule has 0 saturated heterocycles. The number of thiophene rings is 1. The number of carbonyl (C=O) groups is 1. The zero-order valence-corrected chi connectivity index (χ0v) is 22.6. The summed E-state index contributed by atoms with van der Waals surface area (Å²) in [5.41, 5.74) is -0.181. The molecule has 10 heteroatoms. The first-order valence-corrected chi connectivity index (χ1v) is 14.2. The second-order valence-corrected chi connectivity index (χ2v) is 13.3. The van der Waals surface area contributed by atoms with Crippen LogP contribution in [-0.2, 0) is 14.8 Å². The summed E-state index contributed by atoms with van der Waals surface area (Å²) in [5, 5.41) is 14.0. The zero-order chi connectivity index (χ0) is 26.1. The molecule has 1 fully saturated rings. The topological polar surface area (TPSA) is 105 Å². The summed E-state index contributed by atoms with van der Waals surface area (Å²) in [6, 6.07) is 17.5. The van der Waals surface area contributed by atoms with Crippen molar-refractivity contribution in [2.75, 3.05) is 13.2 Å². The second kappa shape index (κ2) is 10.1.